The molecule has 0 aliphatic rings. The summed E-state index contributed by atoms with van der Waals surface area (Å²) in [7, 11) is 0. The van der Waals surface area contributed by atoms with E-state index in [2.05, 4.69) is 20.9 Å². The van der Waals surface area contributed by atoms with Gasteiger partial charge in [0.1, 0.15) is 0 Å². The van der Waals surface area contributed by atoms with Crippen molar-refractivity contribution < 1.29 is 0 Å². The Morgan fingerprint density at radius 2 is 1.71 bits per heavy atom. The average Bonchev–Trinajstić information content (AvgIpc) is 2.66. The number of fused-ring (bicyclic) bond motifs is 1. The lowest BCUT2D eigenvalue weighted by atomic mass is 10.3. The highest BCUT2D eigenvalue weighted by Gasteiger charge is 2.11. The zero-order chi connectivity index (χ0) is 11.8. The normalized spacial score (nSPS) is 10.9. The molecule has 17 heavy (non-hydrogen) atoms. The number of nitrogens with zero attached hydrogens (tertiary/aromatic N) is 2. The highest BCUT2D eigenvalue weighted by atomic mass is 79.9. The molecule has 0 saturated carbocycles. The van der Waals surface area contributed by atoms with E-state index in [1.54, 1.807) is 0 Å². The Labute approximate surface area is 112 Å². The molecule has 2 nitrogen and oxygen atoms in total. The molecule has 0 saturated heterocycles. The van der Waals surface area contributed by atoms with Gasteiger partial charge in [-0.2, -0.15) is 0 Å². The third-order valence-corrected chi connectivity index (χ3v) is 3.46. The summed E-state index contributed by atoms with van der Waals surface area (Å²) in [4.78, 5) is 4.45. The standard InChI is InChI=1S/C13H8BrClN2/c14-13-16-10-6-2-4-8-12(10)17(13)11-7-3-1-5-9(11)15/h1-8H. The number of imidazole rings is 1. The van der Waals surface area contributed by atoms with Gasteiger partial charge in [0.05, 0.1) is 21.7 Å². The molecule has 1 aromatic heterocycles. The molecule has 84 valence electrons. The third-order valence-electron chi connectivity index (χ3n) is 2.61. The van der Waals surface area contributed by atoms with Crippen LogP contribution in [0.25, 0.3) is 16.7 Å². The molecule has 0 bridgehead atoms. The van der Waals surface area contributed by atoms with Crippen LogP contribution in [0.15, 0.2) is 53.3 Å². The van der Waals surface area contributed by atoms with Crippen LogP contribution >= 0.6 is 27.5 Å². The van der Waals surface area contributed by atoms with Crippen molar-refractivity contribution in [1.82, 2.24) is 9.55 Å². The van der Waals surface area contributed by atoms with Crippen LogP contribution in [-0.4, -0.2) is 9.55 Å². The molecule has 0 aliphatic carbocycles. The van der Waals surface area contributed by atoms with E-state index in [4.69, 9.17) is 11.6 Å². The molecule has 0 N–H and O–H groups in total. The van der Waals surface area contributed by atoms with Crippen molar-refractivity contribution in [3.63, 3.8) is 0 Å². The highest BCUT2D eigenvalue weighted by Crippen LogP contribution is 2.28. The molecule has 0 unspecified atom stereocenters. The van der Waals surface area contributed by atoms with Crippen molar-refractivity contribution in [2.75, 3.05) is 0 Å². The van der Waals surface area contributed by atoms with E-state index in [0.717, 1.165) is 21.5 Å². The second-order valence-electron chi connectivity index (χ2n) is 3.66. The lowest BCUT2D eigenvalue weighted by Crippen LogP contribution is -1.94. The summed E-state index contributed by atoms with van der Waals surface area (Å²) >= 11 is 9.69. The van der Waals surface area contributed by atoms with E-state index in [1.807, 2.05) is 53.1 Å². The molecule has 2 aromatic carbocycles. The van der Waals surface area contributed by atoms with E-state index < -0.39 is 0 Å². The minimum absolute atomic E-state index is 0.705. The first-order valence-electron chi connectivity index (χ1n) is 5.15. The van der Waals surface area contributed by atoms with Crippen LogP contribution < -0.4 is 0 Å². The van der Waals surface area contributed by atoms with Crippen molar-refractivity contribution in [2.24, 2.45) is 0 Å². The fraction of sp³-hybridized carbons (Fsp3) is 0. The maximum Gasteiger partial charge on any atom is 0.182 e. The number of rotatable bonds is 1. The van der Waals surface area contributed by atoms with Crippen molar-refractivity contribution in [3.05, 3.63) is 58.3 Å². The Hall–Kier alpha value is -1.32. The van der Waals surface area contributed by atoms with Gasteiger partial charge in [0.15, 0.2) is 4.73 Å². The number of hydrogen-bond donors (Lipinski definition) is 0. The molecule has 0 amide bonds. The van der Waals surface area contributed by atoms with Crippen LogP contribution in [-0.2, 0) is 0 Å². The van der Waals surface area contributed by atoms with Gasteiger partial charge < -0.3 is 0 Å². The fourth-order valence-electron chi connectivity index (χ4n) is 1.86. The molecular weight excluding hydrogens is 300 g/mol. The van der Waals surface area contributed by atoms with Crippen LogP contribution in [0, 0.1) is 0 Å². The fourth-order valence-corrected chi connectivity index (χ4v) is 2.65. The van der Waals surface area contributed by atoms with Gasteiger partial charge >= 0.3 is 0 Å². The Balaban J connectivity index is 2.38. The summed E-state index contributed by atoms with van der Waals surface area (Å²) in [5.41, 5.74) is 2.90. The van der Waals surface area contributed by atoms with E-state index in [-0.39, 0.29) is 0 Å². The van der Waals surface area contributed by atoms with Gasteiger partial charge in [0.25, 0.3) is 0 Å². The number of aromatic nitrogens is 2. The predicted octanol–water partition coefficient (Wildman–Crippen LogP) is 4.44. The Morgan fingerprint density at radius 3 is 2.53 bits per heavy atom. The minimum atomic E-state index is 0.705. The second-order valence-corrected chi connectivity index (χ2v) is 4.77. The summed E-state index contributed by atoms with van der Waals surface area (Å²) in [6, 6.07) is 15.7. The minimum Gasteiger partial charge on any atom is -0.285 e. The monoisotopic (exact) mass is 306 g/mol. The van der Waals surface area contributed by atoms with Gasteiger partial charge in [-0.25, -0.2) is 4.98 Å². The van der Waals surface area contributed by atoms with Crippen molar-refractivity contribution in [2.45, 2.75) is 0 Å². The van der Waals surface area contributed by atoms with Crippen LogP contribution in [0.2, 0.25) is 5.02 Å². The molecule has 4 heteroatoms. The molecule has 0 fully saturated rings. The molecule has 0 atom stereocenters. The van der Waals surface area contributed by atoms with E-state index in [0.29, 0.717) is 5.02 Å². The maximum absolute atomic E-state index is 6.22. The van der Waals surface area contributed by atoms with Crippen LogP contribution in [0.4, 0.5) is 0 Å². The summed E-state index contributed by atoms with van der Waals surface area (Å²) in [6.45, 7) is 0. The molecule has 3 rings (SSSR count). The average molecular weight is 308 g/mol. The smallest absolute Gasteiger partial charge is 0.182 e. The van der Waals surface area contributed by atoms with Gasteiger partial charge in [0.2, 0.25) is 0 Å². The highest BCUT2D eigenvalue weighted by molar-refractivity contribution is 9.10. The van der Waals surface area contributed by atoms with Crippen LogP contribution in [0.5, 0.6) is 0 Å². The topological polar surface area (TPSA) is 17.8 Å². The van der Waals surface area contributed by atoms with Crippen LogP contribution in [0.3, 0.4) is 0 Å². The third kappa shape index (κ3) is 1.75. The summed E-state index contributed by atoms with van der Waals surface area (Å²) < 4.78 is 2.75. The molecule has 0 aliphatic heterocycles. The Kier molecular flexibility index (Phi) is 2.65. The van der Waals surface area contributed by atoms with E-state index in [1.165, 1.54) is 0 Å². The van der Waals surface area contributed by atoms with Gasteiger partial charge in [-0.05, 0) is 40.2 Å². The summed E-state index contributed by atoms with van der Waals surface area (Å²) in [6.07, 6.45) is 0. The SMILES string of the molecule is Clc1ccccc1-n1c(Br)nc2ccccc21. The van der Waals surface area contributed by atoms with Crippen LogP contribution in [0.1, 0.15) is 0 Å². The second kappa shape index (κ2) is 4.17. The predicted molar refractivity (Wildman–Crippen MR) is 73.8 cm³/mol. The van der Waals surface area contributed by atoms with Gasteiger partial charge in [-0.1, -0.05) is 35.9 Å². The van der Waals surface area contributed by atoms with Gasteiger partial charge in [-0.3, -0.25) is 4.57 Å². The van der Waals surface area contributed by atoms with Gasteiger partial charge in [-0.15, -0.1) is 0 Å². The zero-order valence-corrected chi connectivity index (χ0v) is 11.1. The lowest BCUT2D eigenvalue weighted by Gasteiger charge is -2.07. The number of benzene rings is 2. The molecule has 1 heterocycles. The Bertz CT molecular complexity index is 691. The zero-order valence-electron chi connectivity index (χ0n) is 8.77. The van der Waals surface area contributed by atoms with Crippen molar-refractivity contribution >= 4 is 38.6 Å². The Morgan fingerprint density at radius 1 is 1.00 bits per heavy atom. The molecule has 0 radical (unpaired) electrons. The van der Waals surface area contributed by atoms with E-state index in [9.17, 15) is 0 Å². The summed E-state index contributed by atoms with van der Waals surface area (Å²) in [5, 5.41) is 0.705. The summed E-state index contributed by atoms with van der Waals surface area (Å²) in [5.74, 6) is 0. The lowest BCUT2D eigenvalue weighted by molar-refractivity contribution is 1.05. The number of halogens is 2. The first kappa shape index (κ1) is 10.8. The van der Waals surface area contributed by atoms with Crippen molar-refractivity contribution in [3.8, 4) is 5.69 Å². The molecule has 3 aromatic rings. The number of para-hydroxylation sites is 3. The first-order valence-corrected chi connectivity index (χ1v) is 6.32. The maximum atomic E-state index is 6.22. The molecular formula is C13H8BrClN2. The first-order chi connectivity index (χ1) is 8.27. The number of hydrogen-bond acceptors (Lipinski definition) is 1. The molecule has 0 spiro atoms. The quantitative estimate of drug-likeness (QED) is 0.650. The van der Waals surface area contributed by atoms with E-state index >= 15 is 0 Å². The largest absolute Gasteiger partial charge is 0.285 e. The van der Waals surface area contributed by atoms with Gasteiger partial charge in [0, 0.05) is 0 Å². The van der Waals surface area contributed by atoms with Crippen molar-refractivity contribution in [1.29, 1.82) is 0 Å².